The number of hydrogen-bond acceptors (Lipinski definition) is 3. The number of nitrogens with one attached hydrogen (secondary N) is 1. The van der Waals surface area contributed by atoms with Crippen LogP contribution in [0.15, 0.2) is 30.3 Å². The first-order chi connectivity index (χ1) is 9.70. The number of carbonyl (C=O) groups is 1. The molecule has 0 bridgehead atoms. The van der Waals surface area contributed by atoms with Gasteiger partial charge in [-0.05, 0) is 31.5 Å². The average molecular weight is 275 g/mol. The molecule has 0 spiro atoms. The summed E-state index contributed by atoms with van der Waals surface area (Å²) in [5.41, 5.74) is 7.07. The lowest BCUT2D eigenvalue weighted by Crippen LogP contribution is -2.40. The van der Waals surface area contributed by atoms with Gasteiger partial charge in [0.15, 0.2) is 0 Å². The average Bonchev–Trinajstić information content (AvgIpc) is 2.93. The Bertz CT molecular complexity index is 421. The highest BCUT2D eigenvalue weighted by atomic mass is 16.1. The number of likely N-dealkylation sites (tertiary alicyclic amines) is 1. The Kier molecular flexibility index (Phi) is 5.56. The molecule has 3 N–H and O–H groups in total. The molecule has 1 heterocycles. The zero-order valence-corrected chi connectivity index (χ0v) is 12.2. The third kappa shape index (κ3) is 4.05. The monoisotopic (exact) mass is 275 g/mol. The van der Waals surface area contributed by atoms with Gasteiger partial charge in [-0.25, -0.2) is 0 Å². The van der Waals surface area contributed by atoms with Crippen molar-refractivity contribution in [3.63, 3.8) is 0 Å². The first-order valence-corrected chi connectivity index (χ1v) is 7.52. The number of carbonyl (C=O) groups excluding carboxylic acids is 1. The minimum absolute atomic E-state index is 0.0457. The van der Waals surface area contributed by atoms with Crippen molar-refractivity contribution >= 4 is 5.91 Å². The summed E-state index contributed by atoms with van der Waals surface area (Å²) < 4.78 is 0. The summed E-state index contributed by atoms with van der Waals surface area (Å²) >= 11 is 0. The largest absolute Gasteiger partial charge is 0.354 e. The van der Waals surface area contributed by atoms with Crippen molar-refractivity contribution in [2.45, 2.75) is 38.3 Å². The summed E-state index contributed by atoms with van der Waals surface area (Å²) in [6, 6.07) is 10.1. The van der Waals surface area contributed by atoms with E-state index in [1.165, 1.54) is 12.8 Å². The van der Waals surface area contributed by atoms with E-state index in [0.717, 1.165) is 25.2 Å². The van der Waals surface area contributed by atoms with E-state index in [-0.39, 0.29) is 11.9 Å². The Balaban J connectivity index is 1.75. The highest BCUT2D eigenvalue weighted by Crippen LogP contribution is 2.16. The second-order valence-electron chi connectivity index (χ2n) is 5.45. The quantitative estimate of drug-likeness (QED) is 0.830. The molecule has 4 heteroatoms. The molecule has 4 nitrogen and oxygen atoms in total. The minimum atomic E-state index is -0.220. The molecule has 1 aromatic rings. The fourth-order valence-corrected chi connectivity index (χ4v) is 2.86. The molecule has 0 saturated carbocycles. The lowest BCUT2D eigenvalue weighted by atomic mass is 10.0. The number of hydrogen-bond donors (Lipinski definition) is 2. The minimum Gasteiger partial charge on any atom is -0.354 e. The molecule has 2 atom stereocenters. The van der Waals surface area contributed by atoms with Gasteiger partial charge in [-0.3, -0.25) is 9.69 Å². The number of nitrogens with two attached hydrogens (primary N) is 1. The van der Waals surface area contributed by atoms with Crippen LogP contribution in [0.3, 0.4) is 0 Å². The molecule has 0 aromatic heterocycles. The third-order valence-electron chi connectivity index (χ3n) is 4.07. The Hall–Kier alpha value is -1.39. The van der Waals surface area contributed by atoms with E-state index in [1.54, 1.807) is 0 Å². The Morgan fingerprint density at radius 1 is 1.45 bits per heavy atom. The Morgan fingerprint density at radius 3 is 2.90 bits per heavy atom. The summed E-state index contributed by atoms with van der Waals surface area (Å²) in [6.07, 6.45) is 2.76. The number of rotatable bonds is 6. The molecular weight excluding hydrogens is 250 g/mol. The van der Waals surface area contributed by atoms with Crippen LogP contribution < -0.4 is 11.1 Å². The van der Waals surface area contributed by atoms with Gasteiger partial charge in [0.25, 0.3) is 0 Å². The predicted molar refractivity (Wildman–Crippen MR) is 81.3 cm³/mol. The Morgan fingerprint density at radius 2 is 2.20 bits per heavy atom. The van der Waals surface area contributed by atoms with E-state index in [1.807, 2.05) is 30.3 Å². The van der Waals surface area contributed by atoms with Crippen LogP contribution in [-0.2, 0) is 4.79 Å². The van der Waals surface area contributed by atoms with E-state index in [4.69, 9.17) is 5.73 Å². The van der Waals surface area contributed by atoms with Gasteiger partial charge in [0.05, 0.1) is 0 Å². The van der Waals surface area contributed by atoms with Crippen LogP contribution in [0.1, 0.15) is 37.8 Å². The van der Waals surface area contributed by atoms with Crippen molar-refractivity contribution in [1.82, 2.24) is 10.2 Å². The molecule has 20 heavy (non-hydrogen) atoms. The summed E-state index contributed by atoms with van der Waals surface area (Å²) in [5.74, 6) is 0.0457. The molecule has 0 aliphatic carbocycles. The number of likely N-dealkylation sites (N-methyl/N-ethyl adjacent to an activating group) is 1. The maximum Gasteiger partial charge on any atom is 0.221 e. The van der Waals surface area contributed by atoms with Crippen LogP contribution in [0.4, 0.5) is 0 Å². The van der Waals surface area contributed by atoms with Gasteiger partial charge in [0, 0.05) is 25.0 Å². The SMILES string of the molecule is CCN1CCCC1CNC(=O)CC(N)c1ccccc1. The molecular formula is C16H25N3O. The van der Waals surface area contributed by atoms with Gasteiger partial charge in [0.2, 0.25) is 5.91 Å². The molecule has 1 aliphatic heterocycles. The summed E-state index contributed by atoms with van der Waals surface area (Å²) in [6.45, 7) is 5.13. The molecule has 110 valence electrons. The highest BCUT2D eigenvalue weighted by Gasteiger charge is 2.23. The van der Waals surface area contributed by atoms with Crippen molar-refractivity contribution in [2.24, 2.45) is 5.73 Å². The van der Waals surface area contributed by atoms with Crippen molar-refractivity contribution in [3.8, 4) is 0 Å². The van der Waals surface area contributed by atoms with E-state index in [2.05, 4.69) is 17.1 Å². The molecule has 1 aliphatic rings. The van der Waals surface area contributed by atoms with E-state index in [9.17, 15) is 4.79 Å². The standard InChI is InChI=1S/C16H25N3O/c1-2-19-10-6-9-14(19)12-18-16(20)11-15(17)13-7-4-3-5-8-13/h3-5,7-8,14-15H,2,6,9-12,17H2,1H3,(H,18,20). The van der Waals surface area contributed by atoms with Crippen LogP contribution in [0.5, 0.6) is 0 Å². The van der Waals surface area contributed by atoms with Crippen LogP contribution in [0.25, 0.3) is 0 Å². The second kappa shape index (κ2) is 7.41. The first kappa shape index (κ1) is 15.0. The lowest BCUT2D eigenvalue weighted by molar-refractivity contribution is -0.121. The predicted octanol–water partition coefficient (Wildman–Crippen LogP) is 1.68. The van der Waals surface area contributed by atoms with Gasteiger partial charge in [-0.1, -0.05) is 37.3 Å². The van der Waals surface area contributed by atoms with E-state index >= 15 is 0 Å². The topological polar surface area (TPSA) is 58.4 Å². The highest BCUT2D eigenvalue weighted by molar-refractivity contribution is 5.76. The van der Waals surface area contributed by atoms with Crippen LogP contribution in [0, 0.1) is 0 Å². The fraction of sp³-hybridized carbons (Fsp3) is 0.562. The van der Waals surface area contributed by atoms with Gasteiger partial charge in [-0.2, -0.15) is 0 Å². The lowest BCUT2D eigenvalue weighted by Gasteiger charge is -2.23. The summed E-state index contributed by atoms with van der Waals surface area (Å²) in [7, 11) is 0. The van der Waals surface area contributed by atoms with E-state index in [0.29, 0.717) is 12.5 Å². The summed E-state index contributed by atoms with van der Waals surface area (Å²) in [4.78, 5) is 14.4. The maximum atomic E-state index is 12.0. The van der Waals surface area contributed by atoms with Crippen molar-refractivity contribution < 1.29 is 4.79 Å². The molecule has 2 unspecified atom stereocenters. The fourth-order valence-electron chi connectivity index (χ4n) is 2.86. The second-order valence-corrected chi connectivity index (χ2v) is 5.45. The smallest absolute Gasteiger partial charge is 0.221 e. The zero-order chi connectivity index (χ0) is 14.4. The molecule has 2 rings (SSSR count). The first-order valence-electron chi connectivity index (χ1n) is 7.52. The molecule has 1 saturated heterocycles. The van der Waals surface area contributed by atoms with Gasteiger partial charge in [-0.15, -0.1) is 0 Å². The Labute approximate surface area is 121 Å². The van der Waals surface area contributed by atoms with Gasteiger partial charge >= 0.3 is 0 Å². The number of nitrogens with zero attached hydrogens (tertiary/aromatic N) is 1. The molecule has 1 amide bonds. The van der Waals surface area contributed by atoms with Gasteiger partial charge < -0.3 is 11.1 Å². The van der Waals surface area contributed by atoms with Crippen molar-refractivity contribution in [2.75, 3.05) is 19.6 Å². The van der Waals surface area contributed by atoms with Crippen molar-refractivity contribution in [3.05, 3.63) is 35.9 Å². The molecule has 1 aromatic carbocycles. The molecule has 1 fully saturated rings. The van der Waals surface area contributed by atoms with Gasteiger partial charge in [0.1, 0.15) is 0 Å². The normalized spacial score (nSPS) is 20.8. The third-order valence-corrected chi connectivity index (χ3v) is 4.07. The number of benzene rings is 1. The van der Waals surface area contributed by atoms with Crippen LogP contribution >= 0.6 is 0 Å². The van der Waals surface area contributed by atoms with Crippen molar-refractivity contribution in [1.29, 1.82) is 0 Å². The zero-order valence-electron chi connectivity index (χ0n) is 12.2. The van der Waals surface area contributed by atoms with Crippen LogP contribution in [-0.4, -0.2) is 36.5 Å². The molecule has 0 radical (unpaired) electrons. The number of amides is 1. The summed E-state index contributed by atoms with van der Waals surface area (Å²) in [5, 5.41) is 3.03. The van der Waals surface area contributed by atoms with Crippen LogP contribution in [0.2, 0.25) is 0 Å². The van der Waals surface area contributed by atoms with E-state index < -0.39 is 0 Å². The maximum absolute atomic E-state index is 12.0.